The molecule has 9 nitrogen and oxygen atoms in total. The molecule has 0 bridgehead atoms. The first kappa shape index (κ1) is 22.8. The topological polar surface area (TPSA) is 107 Å². The molecule has 0 saturated heterocycles. The van der Waals surface area contributed by atoms with E-state index < -0.39 is 12.0 Å². The number of rotatable bonds is 8. The number of benzene rings is 1. The van der Waals surface area contributed by atoms with E-state index in [1.807, 2.05) is 25.3 Å². The van der Waals surface area contributed by atoms with Crippen LogP contribution in [0.5, 0.6) is 5.75 Å². The maximum atomic E-state index is 12.1. The highest BCUT2D eigenvalue weighted by molar-refractivity contribution is 9.10. The highest BCUT2D eigenvalue weighted by Crippen LogP contribution is 2.34. The molecule has 0 fully saturated rings. The molecule has 0 spiro atoms. The van der Waals surface area contributed by atoms with Crippen molar-refractivity contribution in [2.75, 3.05) is 12.4 Å². The molecule has 0 aliphatic heterocycles. The van der Waals surface area contributed by atoms with Crippen molar-refractivity contribution in [1.82, 2.24) is 24.1 Å². The number of aryl methyl sites for hydroxylation is 1. The number of ether oxygens (including phenoxy) is 1. The molecule has 0 amide bonds. The summed E-state index contributed by atoms with van der Waals surface area (Å²) in [6.45, 7) is 5.98. The average molecular weight is 532 g/mol. The Balaban J connectivity index is 1.92. The van der Waals surface area contributed by atoms with Crippen molar-refractivity contribution < 1.29 is 14.6 Å². The monoisotopic (exact) mass is 530 g/mol. The van der Waals surface area contributed by atoms with Gasteiger partial charge < -0.3 is 19.7 Å². The molecule has 33 heavy (non-hydrogen) atoms. The zero-order valence-electron chi connectivity index (χ0n) is 17.8. The maximum Gasteiger partial charge on any atom is 0.356 e. The van der Waals surface area contributed by atoms with Gasteiger partial charge in [0.25, 0.3) is 0 Å². The van der Waals surface area contributed by atoms with E-state index in [-0.39, 0.29) is 5.69 Å². The third-order valence-corrected chi connectivity index (χ3v) is 5.98. The molecule has 0 aliphatic rings. The Morgan fingerprint density at radius 2 is 2.09 bits per heavy atom. The molecule has 0 radical (unpaired) electrons. The summed E-state index contributed by atoms with van der Waals surface area (Å²) < 4.78 is 9.45. The SMILES string of the molecule is C=CCn1c(Br)nc(C(=O)O)c1C(Nc1cc(OC)c2nnc(C)n2c1)c1ccc(Cl)cc1. The van der Waals surface area contributed by atoms with Crippen molar-refractivity contribution in [3.05, 3.63) is 81.7 Å². The summed E-state index contributed by atoms with van der Waals surface area (Å²) in [5.74, 6) is 0.0623. The summed E-state index contributed by atoms with van der Waals surface area (Å²) >= 11 is 9.50. The normalized spacial score (nSPS) is 12.0. The van der Waals surface area contributed by atoms with E-state index >= 15 is 0 Å². The van der Waals surface area contributed by atoms with Crippen molar-refractivity contribution in [2.24, 2.45) is 0 Å². The van der Waals surface area contributed by atoms with Gasteiger partial charge in [-0.25, -0.2) is 9.78 Å². The Hall–Kier alpha value is -3.37. The van der Waals surface area contributed by atoms with Gasteiger partial charge in [-0.1, -0.05) is 29.8 Å². The molecule has 1 atom stereocenters. The number of nitrogens with one attached hydrogen (secondary N) is 1. The first-order valence-electron chi connectivity index (χ1n) is 9.85. The predicted molar refractivity (Wildman–Crippen MR) is 128 cm³/mol. The Labute approximate surface area is 202 Å². The number of anilines is 1. The van der Waals surface area contributed by atoms with Gasteiger partial charge in [-0.15, -0.1) is 16.8 Å². The number of nitrogens with zero attached hydrogens (tertiary/aromatic N) is 5. The fraction of sp³-hybridized carbons (Fsp3) is 0.182. The number of methoxy groups -OCH3 is 1. The second-order valence-electron chi connectivity index (χ2n) is 7.19. The summed E-state index contributed by atoms with van der Waals surface area (Å²) in [4.78, 5) is 16.3. The highest BCUT2D eigenvalue weighted by Gasteiger charge is 2.29. The van der Waals surface area contributed by atoms with E-state index in [2.05, 4.69) is 43.0 Å². The Morgan fingerprint density at radius 3 is 2.73 bits per heavy atom. The molecule has 0 aliphatic carbocycles. The third kappa shape index (κ3) is 4.31. The van der Waals surface area contributed by atoms with Gasteiger partial charge in [-0.3, -0.25) is 4.40 Å². The number of aromatic carboxylic acids is 1. The summed E-state index contributed by atoms with van der Waals surface area (Å²) in [6.07, 6.45) is 3.51. The van der Waals surface area contributed by atoms with Crippen LogP contribution in [0.2, 0.25) is 5.02 Å². The van der Waals surface area contributed by atoms with E-state index in [0.29, 0.717) is 44.9 Å². The van der Waals surface area contributed by atoms with E-state index in [1.165, 1.54) is 0 Å². The van der Waals surface area contributed by atoms with Gasteiger partial charge >= 0.3 is 5.97 Å². The fourth-order valence-corrected chi connectivity index (χ4v) is 4.26. The molecular formula is C22H20BrClN6O3. The zero-order chi connectivity index (χ0) is 23.7. The molecule has 2 N–H and O–H groups in total. The van der Waals surface area contributed by atoms with Crippen LogP contribution >= 0.6 is 27.5 Å². The number of hydrogen-bond donors (Lipinski definition) is 2. The van der Waals surface area contributed by atoms with Gasteiger partial charge in [0.15, 0.2) is 16.2 Å². The van der Waals surface area contributed by atoms with Crippen molar-refractivity contribution in [2.45, 2.75) is 19.5 Å². The number of pyridine rings is 1. The minimum absolute atomic E-state index is 0.0790. The molecular weight excluding hydrogens is 512 g/mol. The lowest BCUT2D eigenvalue weighted by Gasteiger charge is -2.23. The molecule has 4 rings (SSSR count). The predicted octanol–water partition coefficient (Wildman–Crippen LogP) is 4.74. The van der Waals surface area contributed by atoms with E-state index in [9.17, 15) is 9.90 Å². The Morgan fingerprint density at radius 1 is 1.36 bits per heavy atom. The molecule has 3 heterocycles. The molecule has 3 aromatic heterocycles. The van der Waals surface area contributed by atoms with Crippen LogP contribution in [0.4, 0.5) is 5.69 Å². The number of allylic oxidation sites excluding steroid dienone is 1. The van der Waals surface area contributed by atoms with Crippen LogP contribution in [-0.4, -0.2) is 42.3 Å². The van der Waals surface area contributed by atoms with Crippen LogP contribution in [-0.2, 0) is 6.54 Å². The number of aromatic nitrogens is 5. The second-order valence-corrected chi connectivity index (χ2v) is 8.33. The van der Waals surface area contributed by atoms with Gasteiger partial charge in [0.1, 0.15) is 5.82 Å². The van der Waals surface area contributed by atoms with E-state index in [4.69, 9.17) is 16.3 Å². The van der Waals surface area contributed by atoms with Crippen LogP contribution in [0.1, 0.15) is 33.6 Å². The quantitative estimate of drug-likeness (QED) is 0.316. The molecule has 0 saturated carbocycles. The van der Waals surface area contributed by atoms with Crippen LogP contribution in [0.15, 0.2) is 53.9 Å². The van der Waals surface area contributed by atoms with Crippen LogP contribution in [0.3, 0.4) is 0 Å². The minimum atomic E-state index is -1.14. The smallest absolute Gasteiger partial charge is 0.356 e. The second kappa shape index (κ2) is 9.24. The third-order valence-electron chi connectivity index (χ3n) is 5.12. The van der Waals surface area contributed by atoms with Crippen molar-refractivity contribution >= 4 is 44.8 Å². The van der Waals surface area contributed by atoms with Gasteiger partial charge in [0.05, 0.1) is 24.5 Å². The van der Waals surface area contributed by atoms with Gasteiger partial charge in [0, 0.05) is 23.8 Å². The molecule has 4 aromatic rings. The highest BCUT2D eigenvalue weighted by atomic mass is 79.9. The molecule has 170 valence electrons. The number of halogens is 2. The summed E-state index contributed by atoms with van der Waals surface area (Å²) in [6, 6.07) is 8.38. The largest absolute Gasteiger partial charge is 0.493 e. The first-order chi connectivity index (χ1) is 15.8. The minimum Gasteiger partial charge on any atom is -0.493 e. The number of carboxylic acid groups (broad SMARTS) is 1. The van der Waals surface area contributed by atoms with Crippen LogP contribution < -0.4 is 10.1 Å². The molecule has 1 aromatic carbocycles. The summed E-state index contributed by atoms with van der Waals surface area (Å²) in [7, 11) is 1.55. The number of carboxylic acids is 1. The van der Waals surface area contributed by atoms with Crippen molar-refractivity contribution in [3.8, 4) is 5.75 Å². The lowest BCUT2D eigenvalue weighted by Crippen LogP contribution is -2.20. The van der Waals surface area contributed by atoms with Gasteiger partial charge in [-0.05, 0) is 40.5 Å². The number of hydrogen-bond acceptors (Lipinski definition) is 6. The van der Waals surface area contributed by atoms with E-state index in [0.717, 1.165) is 5.56 Å². The summed E-state index contributed by atoms with van der Waals surface area (Å²) in [5.41, 5.74) is 2.41. The molecule has 11 heteroatoms. The average Bonchev–Trinajstić information content (AvgIpc) is 3.33. The summed E-state index contributed by atoms with van der Waals surface area (Å²) in [5, 5.41) is 22.2. The number of fused-ring (bicyclic) bond motifs is 1. The zero-order valence-corrected chi connectivity index (χ0v) is 20.1. The Bertz CT molecular complexity index is 1350. The van der Waals surface area contributed by atoms with Gasteiger partial charge in [0.2, 0.25) is 5.65 Å². The van der Waals surface area contributed by atoms with Crippen molar-refractivity contribution in [3.63, 3.8) is 0 Å². The lowest BCUT2D eigenvalue weighted by atomic mass is 10.0. The lowest BCUT2D eigenvalue weighted by molar-refractivity contribution is 0.0689. The number of imidazole rings is 1. The van der Waals surface area contributed by atoms with Gasteiger partial charge in [-0.2, -0.15) is 0 Å². The van der Waals surface area contributed by atoms with Crippen LogP contribution in [0.25, 0.3) is 5.65 Å². The van der Waals surface area contributed by atoms with Crippen LogP contribution in [0, 0.1) is 6.92 Å². The first-order valence-corrected chi connectivity index (χ1v) is 11.0. The maximum absolute atomic E-state index is 12.1. The Kier molecular flexibility index (Phi) is 6.39. The van der Waals surface area contributed by atoms with E-state index in [1.54, 1.807) is 40.4 Å². The van der Waals surface area contributed by atoms with Crippen molar-refractivity contribution in [1.29, 1.82) is 0 Å². The number of carbonyl (C=O) groups is 1. The molecule has 1 unspecified atom stereocenters. The standard InChI is InChI=1S/C22H20BrClN6O3/c1-4-9-29-19(18(21(31)32)26-22(29)23)17(13-5-7-14(24)8-6-13)25-15-10-16(33-3)20-28-27-12(2)30(20)11-15/h4-8,10-11,17,25H,1,9H2,2-3H3,(H,31,32). The fourth-order valence-electron chi connectivity index (χ4n) is 3.62.